The number of carbonyl (C=O) groups is 1. The number of likely N-dealkylation sites (tertiary alicyclic amines) is 1. The fourth-order valence-electron chi connectivity index (χ4n) is 3.73. The predicted molar refractivity (Wildman–Crippen MR) is 90.3 cm³/mol. The van der Waals surface area contributed by atoms with Crippen molar-refractivity contribution in [2.45, 2.75) is 38.8 Å². The highest BCUT2D eigenvalue weighted by Gasteiger charge is 2.36. The summed E-state index contributed by atoms with van der Waals surface area (Å²) in [5.41, 5.74) is 1.06. The van der Waals surface area contributed by atoms with Crippen LogP contribution in [0.3, 0.4) is 0 Å². The summed E-state index contributed by atoms with van der Waals surface area (Å²) < 4.78 is 1.85. The van der Waals surface area contributed by atoms with Crippen molar-refractivity contribution in [3.05, 3.63) is 34.2 Å². The first-order valence-electron chi connectivity index (χ1n) is 8.56. The number of piperidine rings is 1. The lowest BCUT2D eigenvalue weighted by Gasteiger charge is -2.42. The molecule has 2 atom stereocenters. The molecule has 1 fully saturated rings. The molecule has 0 aromatic carbocycles. The van der Waals surface area contributed by atoms with Crippen LogP contribution in [0.25, 0.3) is 0 Å². The second kappa shape index (κ2) is 5.98. The van der Waals surface area contributed by atoms with Gasteiger partial charge in [0.1, 0.15) is 0 Å². The maximum Gasteiger partial charge on any atom is 0.324 e. The number of amides is 2. The Hall–Kier alpha value is -2.71. The van der Waals surface area contributed by atoms with Crippen molar-refractivity contribution in [1.29, 1.82) is 0 Å². The Bertz CT molecular complexity index is 856. The molecule has 9 heteroatoms. The summed E-state index contributed by atoms with van der Waals surface area (Å²) in [7, 11) is 0. The highest BCUT2D eigenvalue weighted by molar-refractivity contribution is 5.87. The Labute approximate surface area is 144 Å². The van der Waals surface area contributed by atoms with E-state index in [0.29, 0.717) is 19.6 Å². The Balaban J connectivity index is 1.49. The van der Waals surface area contributed by atoms with Gasteiger partial charge in [-0.15, -0.1) is 5.10 Å². The van der Waals surface area contributed by atoms with Crippen LogP contribution in [0.15, 0.2) is 23.0 Å². The van der Waals surface area contributed by atoms with E-state index in [2.05, 4.69) is 20.7 Å². The van der Waals surface area contributed by atoms with Crippen LogP contribution >= 0.6 is 0 Å². The Morgan fingerprint density at radius 2 is 2.12 bits per heavy atom. The lowest BCUT2D eigenvalue weighted by atomic mass is 9.83. The fourth-order valence-corrected chi connectivity index (χ4v) is 3.73. The summed E-state index contributed by atoms with van der Waals surface area (Å²) in [5.74, 6) is 0.689. The molecule has 2 aliphatic heterocycles. The number of nitrogens with zero attached hydrogens (tertiary/aromatic N) is 6. The van der Waals surface area contributed by atoms with E-state index in [-0.39, 0.29) is 35.4 Å². The van der Waals surface area contributed by atoms with E-state index in [0.717, 1.165) is 12.1 Å². The average molecular weight is 343 g/mol. The topological polar surface area (TPSA) is 97.9 Å². The fraction of sp³-hybridized carbons (Fsp3) is 0.562. The van der Waals surface area contributed by atoms with E-state index < -0.39 is 0 Å². The minimum absolute atomic E-state index is 0.0413. The van der Waals surface area contributed by atoms with Crippen LogP contribution in [0, 0.1) is 5.92 Å². The van der Waals surface area contributed by atoms with Gasteiger partial charge in [0.05, 0.1) is 6.04 Å². The van der Waals surface area contributed by atoms with Gasteiger partial charge < -0.3 is 9.47 Å². The largest absolute Gasteiger partial charge is 0.324 e. The van der Waals surface area contributed by atoms with Crippen LogP contribution in [-0.2, 0) is 6.54 Å². The third kappa shape index (κ3) is 2.90. The zero-order valence-electron chi connectivity index (χ0n) is 14.3. The van der Waals surface area contributed by atoms with Gasteiger partial charge in [0.2, 0.25) is 0 Å². The van der Waals surface area contributed by atoms with Gasteiger partial charge in [-0.1, -0.05) is 11.2 Å². The summed E-state index contributed by atoms with van der Waals surface area (Å²) in [5, 5.41) is 14.7. The van der Waals surface area contributed by atoms with Gasteiger partial charge in [-0.25, -0.2) is 4.79 Å². The highest BCUT2D eigenvalue weighted by atomic mass is 16.2. The average Bonchev–Trinajstić information content (AvgIpc) is 3.04. The maximum absolute atomic E-state index is 12.6. The molecule has 1 saturated heterocycles. The molecule has 2 bridgehead atoms. The predicted octanol–water partition coefficient (Wildman–Crippen LogP) is 1.07. The summed E-state index contributed by atoms with van der Waals surface area (Å²) >= 11 is 0. The van der Waals surface area contributed by atoms with E-state index in [1.807, 2.05) is 24.5 Å². The molecular weight excluding hydrogens is 322 g/mol. The molecule has 9 nitrogen and oxygen atoms in total. The van der Waals surface area contributed by atoms with Gasteiger partial charge in [-0.3, -0.25) is 10.1 Å². The zero-order valence-corrected chi connectivity index (χ0v) is 14.3. The molecule has 4 rings (SSSR count). The molecule has 0 radical (unpaired) electrons. The first-order valence-corrected chi connectivity index (χ1v) is 8.56. The lowest BCUT2D eigenvalue weighted by Crippen LogP contribution is -2.50. The first kappa shape index (κ1) is 15.8. The molecule has 2 aliphatic rings. The number of nitrogens with one attached hydrogen (secondary N) is 1. The Morgan fingerprint density at radius 3 is 2.88 bits per heavy atom. The smallest absolute Gasteiger partial charge is 0.323 e. The van der Waals surface area contributed by atoms with Crippen molar-refractivity contribution in [3.8, 4) is 0 Å². The molecule has 4 heterocycles. The summed E-state index contributed by atoms with van der Waals surface area (Å²) in [6, 6.07) is 5.24. The molecule has 0 saturated carbocycles. The van der Waals surface area contributed by atoms with Crippen molar-refractivity contribution in [1.82, 2.24) is 29.7 Å². The van der Waals surface area contributed by atoms with E-state index in [9.17, 15) is 9.59 Å². The van der Waals surface area contributed by atoms with Gasteiger partial charge in [-0.2, -0.15) is 4.80 Å². The Morgan fingerprint density at radius 1 is 1.28 bits per heavy atom. The van der Waals surface area contributed by atoms with Crippen molar-refractivity contribution >= 4 is 12.0 Å². The number of carbonyl (C=O) groups excluding carboxylic acids is 1. The minimum atomic E-state index is -0.218. The number of anilines is 1. The van der Waals surface area contributed by atoms with Crippen LogP contribution in [0.4, 0.5) is 10.7 Å². The number of aromatic nitrogens is 5. The number of rotatable bonds is 2. The molecule has 0 aliphatic carbocycles. The maximum atomic E-state index is 12.6. The van der Waals surface area contributed by atoms with Crippen LogP contribution < -0.4 is 10.9 Å². The summed E-state index contributed by atoms with van der Waals surface area (Å²) in [6.07, 6.45) is 1.01. The second-order valence-electron chi connectivity index (χ2n) is 7.06. The van der Waals surface area contributed by atoms with Crippen LogP contribution in [-0.4, -0.2) is 48.8 Å². The molecule has 2 aromatic rings. The first-order chi connectivity index (χ1) is 12.0. The van der Waals surface area contributed by atoms with Gasteiger partial charge >= 0.3 is 6.03 Å². The third-order valence-electron chi connectivity index (χ3n) is 4.88. The second-order valence-corrected chi connectivity index (χ2v) is 7.06. The molecule has 0 unspecified atom stereocenters. The number of hydrogen-bond donors (Lipinski definition) is 1. The monoisotopic (exact) mass is 343 g/mol. The van der Waals surface area contributed by atoms with Gasteiger partial charge in [0.15, 0.2) is 0 Å². The molecule has 1 N–H and O–H groups in total. The van der Waals surface area contributed by atoms with E-state index >= 15 is 0 Å². The lowest BCUT2D eigenvalue weighted by molar-refractivity contribution is 0.139. The van der Waals surface area contributed by atoms with Crippen LogP contribution in [0.1, 0.15) is 37.9 Å². The highest BCUT2D eigenvalue weighted by Crippen LogP contribution is 2.34. The normalized spacial score (nSPS) is 22.0. The molecule has 2 aromatic heterocycles. The SMILES string of the molecule is CC(C)n1nnc(NC(=O)N2C[C@@H]3C[C@H](C2)c2cccc(=O)n2C3)n1. The van der Waals surface area contributed by atoms with Gasteiger partial charge in [0, 0.05) is 37.3 Å². The van der Waals surface area contributed by atoms with Crippen LogP contribution in [0.2, 0.25) is 0 Å². The zero-order chi connectivity index (χ0) is 17.6. The number of tetrazole rings is 1. The number of hydrogen-bond acceptors (Lipinski definition) is 5. The quantitative estimate of drug-likeness (QED) is 0.879. The number of pyridine rings is 1. The van der Waals surface area contributed by atoms with Crippen molar-refractivity contribution in [2.75, 3.05) is 18.4 Å². The number of urea groups is 1. The summed E-state index contributed by atoms with van der Waals surface area (Å²) in [6.45, 7) is 5.76. The molecule has 25 heavy (non-hydrogen) atoms. The minimum Gasteiger partial charge on any atom is -0.323 e. The van der Waals surface area contributed by atoms with Crippen molar-refractivity contribution in [3.63, 3.8) is 0 Å². The standard InChI is InChI=1S/C16H21N7O2/c1-10(2)23-19-15(18-20-23)17-16(25)21-7-11-6-12(9-21)13-4-3-5-14(24)22(13)8-11/h3-5,10-12H,6-9H2,1-2H3,(H,17,19,25)/t11-,12+/m0/s1. The van der Waals surface area contributed by atoms with Crippen LogP contribution in [0.5, 0.6) is 0 Å². The van der Waals surface area contributed by atoms with E-state index in [1.165, 1.54) is 4.80 Å². The van der Waals surface area contributed by atoms with Gasteiger partial charge in [-0.05, 0) is 37.5 Å². The summed E-state index contributed by atoms with van der Waals surface area (Å²) in [4.78, 5) is 27.9. The molecular formula is C16H21N7O2. The van der Waals surface area contributed by atoms with Gasteiger partial charge in [0.25, 0.3) is 11.5 Å². The van der Waals surface area contributed by atoms with Crippen molar-refractivity contribution < 1.29 is 4.79 Å². The number of fused-ring (bicyclic) bond motifs is 4. The molecule has 2 amide bonds. The van der Waals surface area contributed by atoms with E-state index in [4.69, 9.17) is 0 Å². The Kier molecular flexibility index (Phi) is 3.78. The van der Waals surface area contributed by atoms with Crippen molar-refractivity contribution in [2.24, 2.45) is 5.92 Å². The third-order valence-corrected chi connectivity index (χ3v) is 4.88. The molecule has 132 valence electrons. The molecule has 0 spiro atoms. The van der Waals surface area contributed by atoms with E-state index in [1.54, 1.807) is 17.0 Å².